The van der Waals surface area contributed by atoms with E-state index in [0.717, 1.165) is 11.1 Å². The Morgan fingerprint density at radius 1 is 1.46 bits per heavy atom. The van der Waals surface area contributed by atoms with Crippen molar-refractivity contribution < 1.29 is 9.50 Å². The molecule has 1 nitrogen and oxygen atoms in total. The zero-order chi connectivity index (χ0) is 9.64. The van der Waals surface area contributed by atoms with Gasteiger partial charge in [-0.25, -0.2) is 4.39 Å². The van der Waals surface area contributed by atoms with Gasteiger partial charge in [0, 0.05) is 0 Å². The van der Waals surface area contributed by atoms with E-state index in [1.807, 2.05) is 0 Å². The fourth-order valence-electron chi connectivity index (χ4n) is 2.13. The Morgan fingerprint density at radius 3 is 2.85 bits per heavy atom. The van der Waals surface area contributed by atoms with E-state index in [4.69, 9.17) is 0 Å². The Morgan fingerprint density at radius 2 is 2.15 bits per heavy atom. The number of aliphatic hydroxyl groups is 1. The summed E-state index contributed by atoms with van der Waals surface area (Å²) in [4.78, 5) is 0. The average molecular weight is 180 g/mol. The van der Waals surface area contributed by atoms with Crippen LogP contribution in [-0.4, -0.2) is 5.11 Å². The summed E-state index contributed by atoms with van der Waals surface area (Å²) in [7, 11) is 0. The van der Waals surface area contributed by atoms with Gasteiger partial charge < -0.3 is 5.11 Å². The lowest BCUT2D eigenvalue weighted by Crippen LogP contribution is -2.12. The molecule has 1 aromatic rings. The van der Waals surface area contributed by atoms with Crippen molar-refractivity contribution in [3.05, 3.63) is 35.1 Å². The molecule has 1 N–H and O–H groups in total. The van der Waals surface area contributed by atoms with E-state index in [1.165, 1.54) is 12.1 Å². The number of fused-ring (bicyclic) bond motifs is 1. The van der Waals surface area contributed by atoms with Crippen molar-refractivity contribution in [1.82, 2.24) is 0 Å². The molecule has 2 rings (SSSR count). The first-order chi connectivity index (χ1) is 6.00. The summed E-state index contributed by atoms with van der Waals surface area (Å²) >= 11 is 0. The fourth-order valence-corrected chi connectivity index (χ4v) is 2.13. The van der Waals surface area contributed by atoms with Gasteiger partial charge in [-0.3, -0.25) is 0 Å². The molecule has 0 fully saturated rings. The summed E-state index contributed by atoms with van der Waals surface area (Å²) in [6.45, 7) is 4.14. The van der Waals surface area contributed by atoms with Gasteiger partial charge in [-0.2, -0.15) is 0 Å². The first-order valence-corrected chi connectivity index (χ1v) is 4.49. The minimum absolute atomic E-state index is 0.0253. The summed E-state index contributed by atoms with van der Waals surface area (Å²) in [5.41, 5.74) is 1.80. The maximum atomic E-state index is 12.9. The summed E-state index contributed by atoms with van der Waals surface area (Å²) in [5.74, 6) is -0.268. The van der Waals surface area contributed by atoms with Gasteiger partial charge in [-0.05, 0) is 35.1 Å². The first kappa shape index (κ1) is 8.70. The molecular weight excluding hydrogens is 167 g/mol. The van der Waals surface area contributed by atoms with Crippen LogP contribution in [0.25, 0.3) is 0 Å². The lowest BCUT2D eigenvalue weighted by atomic mass is 9.87. The van der Waals surface area contributed by atoms with Crippen LogP contribution in [0.5, 0.6) is 0 Å². The molecule has 0 saturated heterocycles. The topological polar surface area (TPSA) is 20.2 Å². The minimum atomic E-state index is -0.499. The molecule has 0 bridgehead atoms. The van der Waals surface area contributed by atoms with Gasteiger partial charge >= 0.3 is 0 Å². The van der Waals surface area contributed by atoms with Crippen molar-refractivity contribution in [2.45, 2.75) is 31.8 Å². The molecule has 1 aromatic carbocycles. The average Bonchev–Trinajstić information content (AvgIpc) is 2.22. The Balaban J connectivity index is 2.59. The molecule has 13 heavy (non-hydrogen) atoms. The third kappa shape index (κ3) is 1.25. The predicted octanol–water partition coefficient (Wildman–Crippen LogP) is 2.54. The summed E-state index contributed by atoms with van der Waals surface area (Å²) in [5, 5.41) is 9.67. The van der Waals surface area contributed by atoms with E-state index in [-0.39, 0.29) is 11.2 Å². The van der Waals surface area contributed by atoms with Gasteiger partial charge in [0.25, 0.3) is 0 Å². The zero-order valence-corrected chi connectivity index (χ0v) is 7.84. The van der Waals surface area contributed by atoms with Crippen LogP contribution in [0.3, 0.4) is 0 Å². The Kier molecular flexibility index (Phi) is 1.70. The highest BCUT2D eigenvalue weighted by atomic mass is 19.1. The Hall–Kier alpha value is -0.890. The Labute approximate surface area is 77.2 Å². The van der Waals surface area contributed by atoms with Gasteiger partial charge in [-0.15, -0.1) is 0 Å². The molecule has 0 saturated carbocycles. The van der Waals surface area contributed by atoms with Crippen LogP contribution in [0, 0.1) is 5.82 Å². The number of benzene rings is 1. The normalized spacial score (nSPS) is 24.5. The van der Waals surface area contributed by atoms with Crippen molar-refractivity contribution in [1.29, 1.82) is 0 Å². The highest BCUT2D eigenvalue weighted by Gasteiger charge is 2.35. The van der Waals surface area contributed by atoms with Crippen molar-refractivity contribution in [3.8, 4) is 0 Å². The van der Waals surface area contributed by atoms with Crippen molar-refractivity contribution in [2.75, 3.05) is 0 Å². The van der Waals surface area contributed by atoms with E-state index in [9.17, 15) is 9.50 Å². The van der Waals surface area contributed by atoms with E-state index in [2.05, 4.69) is 13.8 Å². The van der Waals surface area contributed by atoms with Crippen molar-refractivity contribution in [3.63, 3.8) is 0 Å². The molecule has 1 aliphatic carbocycles. The highest BCUT2D eigenvalue weighted by Crippen LogP contribution is 2.44. The van der Waals surface area contributed by atoms with Gasteiger partial charge in [0.05, 0.1) is 6.10 Å². The number of hydrogen-bond donors (Lipinski definition) is 1. The lowest BCUT2D eigenvalue weighted by molar-refractivity contribution is 0.161. The summed E-state index contributed by atoms with van der Waals surface area (Å²) < 4.78 is 12.9. The largest absolute Gasteiger partial charge is 0.388 e. The summed E-state index contributed by atoms with van der Waals surface area (Å²) in [6, 6.07) is 4.67. The maximum Gasteiger partial charge on any atom is 0.123 e. The standard InChI is InChI=1S/C11H13FO/c1-11(2)6-10(13)8-5-7(12)3-4-9(8)11/h3-5,10,13H,6H2,1-2H3. The van der Waals surface area contributed by atoms with Crippen LogP contribution < -0.4 is 0 Å². The monoisotopic (exact) mass is 180 g/mol. The Bertz CT molecular complexity index is 344. The van der Waals surface area contributed by atoms with Crippen LogP contribution in [0.1, 0.15) is 37.5 Å². The second kappa shape index (κ2) is 2.55. The molecule has 0 radical (unpaired) electrons. The molecule has 2 heteroatoms. The predicted molar refractivity (Wildman–Crippen MR) is 49.0 cm³/mol. The molecular formula is C11H13FO. The third-order valence-electron chi connectivity index (χ3n) is 2.81. The number of rotatable bonds is 0. The van der Waals surface area contributed by atoms with E-state index >= 15 is 0 Å². The molecule has 0 aliphatic heterocycles. The number of halogens is 1. The molecule has 0 spiro atoms. The van der Waals surface area contributed by atoms with E-state index < -0.39 is 6.10 Å². The van der Waals surface area contributed by atoms with Gasteiger partial charge in [-0.1, -0.05) is 19.9 Å². The second-order valence-electron chi connectivity index (χ2n) is 4.34. The molecule has 0 amide bonds. The molecule has 1 aliphatic rings. The first-order valence-electron chi connectivity index (χ1n) is 4.49. The highest BCUT2D eigenvalue weighted by molar-refractivity contribution is 5.40. The van der Waals surface area contributed by atoms with Crippen LogP contribution in [0.15, 0.2) is 18.2 Å². The zero-order valence-electron chi connectivity index (χ0n) is 7.84. The molecule has 1 atom stereocenters. The molecule has 70 valence electrons. The van der Waals surface area contributed by atoms with Gasteiger partial charge in [0.1, 0.15) is 5.82 Å². The van der Waals surface area contributed by atoms with Crippen LogP contribution >= 0.6 is 0 Å². The van der Waals surface area contributed by atoms with E-state index in [1.54, 1.807) is 6.07 Å². The fraction of sp³-hybridized carbons (Fsp3) is 0.455. The SMILES string of the molecule is CC1(C)CC(O)c2cc(F)ccc21. The molecule has 0 heterocycles. The molecule has 1 unspecified atom stereocenters. The minimum Gasteiger partial charge on any atom is -0.388 e. The summed E-state index contributed by atoms with van der Waals surface area (Å²) in [6.07, 6.45) is 0.187. The van der Waals surface area contributed by atoms with Crippen molar-refractivity contribution in [2.24, 2.45) is 0 Å². The van der Waals surface area contributed by atoms with Crippen LogP contribution in [0.2, 0.25) is 0 Å². The third-order valence-corrected chi connectivity index (χ3v) is 2.81. The van der Waals surface area contributed by atoms with Crippen LogP contribution in [-0.2, 0) is 5.41 Å². The van der Waals surface area contributed by atoms with E-state index in [0.29, 0.717) is 6.42 Å². The number of aliphatic hydroxyl groups excluding tert-OH is 1. The lowest BCUT2D eigenvalue weighted by Gasteiger charge is -2.18. The smallest absolute Gasteiger partial charge is 0.123 e. The van der Waals surface area contributed by atoms with Gasteiger partial charge in [0.15, 0.2) is 0 Å². The molecule has 0 aromatic heterocycles. The number of hydrogen-bond acceptors (Lipinski definition) is 1. The van der Waals surface area contributed by atoms with Crippen molar-refractivity contribution >= 4 is 0 Å². The van der Waals surface area contributed by atoms with Gasteiger partial charge in [0.2, 0.25) is 0 Å². The maximum absolute atomic E-state index is 12.9. The second-order valence-corrected chi connectivity index (χ2v) is 4.34. The van der Waals surface area contributed by atoms with Crippen LogP contribution in [0.4, 0.5) is 4.39 Å². The quantitative estimate of drug-likeness (QED) is 0.650.